The molecule has 0 spiro atoms. The van der Waals surface area contributed by atoms with Crippen molar-refractivity contribution in [2.45, 2.75) is 6.61 Å². The normalized spacial score (nSPS) is 10.6. The van der Waals surface area contributed by atoms with Crippen molar-refractivity contribution in [1.29, 1.82) is 0 Å². The van der Waals surface area contributed by atoms with Crippen molar-refractivity contribution in [1.82, 2.24) is 5.43 Å². The summed E-state index contributed by atoms with van der Waals surface area (Å²) in [5.74, 6) is 0.478. The molecule has 0 bridgehead atoms. The first kappa shape index (κ1) is 21.8. The summed E-state index contributed by atoms with van der Waals surface area (Å²) in [6, 6.07) is 18.7. The maximum absolute atomic E-state index is 12.2. The molecule has 0 unspecified atom stereocenters. The highest BCUT2D eigenvalue weighted by Gasteiger charge is 2.16. The van der Waals surface area contributed by atoms with Crippen LogP contribution in [0.1, 0.15) is 21.5 Å². The van der Waals surface area contributed by atoms with E-state index in [4.69, 9.17) is 21.1 Å². The van der Waals surface area contributed by atoms with Gasteiger partial charge in [0.25, 0.3) is 11.6 Å². The van der Waals surface area contributed by atoms with E-state index in [0.717, 1.165) is 11.6 Å². The Morgan fingerprint density at radius 1 is 1.13 bits per heavy atom. The minimum absolute atomic E-state index is 0.0493. The standard InChI is InChI=1S/C22H18ClN3O5/c1-30-21-11-16(7-10-20(21)31-14-15-5-3-2-4-6-15)13-24-25-22(27)17-8-9-18(23)19(12-17)26(28)29/h2-13H,14H2,1H3,(H,25,27)/b24-13-. The fourth-order valence-electron chi connectivity index (χ4n) is 2.64. The third-order valence-corrected chi connectivity index (χ3v) is 4.53. The van der Waals surface area contributed by atoms with Gasteiger partial charge in [0.05, 0.1) is 18.2 Å². The lowest BCUT2D eigenvalue weighted by Gasteiger charge is -2.11. The number of amides is 1. The van der Waals surface area contributed by atoms with Crippen molar-refractivity contribution in [3.8, 4) is 11.5 Å². The predicted molar refractivity (Wildman–Crippen MR) is 117 cm³/mol. The summed E-state index contributed by atoms with van der Waals surface area (Å²) in [6.45, 7) is 0.397. The quantitative estimate of drug-likeness (QED) is 0.314. The van der Waals surface area contributed by atoms with Crippen LogP contribution in [0.15, 0.2) is 71.8 Å². The van der Waals surface area contributed by atoms with Gasteiger partial charge in [-0.3, -0.25) is 14.9 Å². The van der Waals surface area contributed by atoms with E-state index in [1.165, 1.54) is 25.5 Å². The lowest BCUT2D eigenvalue weighted by atomic mass is 10.2. The SMILES string of the molecule is COc1cc(/C=N\NC(=O)c2ccc(Cl)c([N+](=O)[O-])c2)ccc1OCc1ccccc1. The zero-order chi connectivity index (χ0) is 22.2. The molecule has 0 saturated carbocycles. The van der Waals surface area contributed by atoms with Gasteiger partial charge >= 0.3 is 0 Å². The number of hydrogen-bond donors (Lipinski definition) is 1. The van der Waals surface area contributed by atoms with Crippen molar-refractivity contribution in [2.75, 3.05) is 7.11 Å². The van der Waals surface area contributed by atoms with E-state index in [9.17, 15) is 14.9 Å². The molecule has 8 nitrogen and oxygen atoms in total. The van der Waals surface area contributed by atoms with Crippen LogP contribution in [0.2, 0.25) is 5.02 Å². The Labute approximate surface area is 183 Å². The molecule has 0 aliphatic rings. The lowest BCUT2D eigenvalue weighted by molar-refractivity contribution is -0.384. The Morgan fingerprint density at radius 3 is 2.61 bits per heavy atom. The number of nitrogens with one attached hydrogen (secondary N) is 1. The van der Waals surface area contributed by atoms with E-state index in [2.05, 4.69) is 10.5 Å². The second kappa shape index (κ2) is 10.2. The Bertz CT molecular complexity index is 1120. The monoisotopic (exact) mass is 439 g/mol. The van der Waals surface area contributed by atoms with E-state index in [-0.39, 0.29) is 16.3 Å². The number of carbonyl (C=O) groups excluding carboxylic acids is 1. The predicted octanol–water partition coefficient (Wildman–Crippen LogP) is 4.60. The van der Waals surface area contributed by atoms with Crippen LogP contribution in [-0.2, 0) is 6.61 Å². The third kappa shape index (κ3) is 5.80. The number of nitro benzene ring substituents is 1. The fraction of sp³-hybridized carbons (Fsp3) is 0.0909. The molecule has 0 saturated heterocycles. The Balaban J connectivity index is 1.65. The molecule has 0 radical (unpaired) electrons. The van der Waals surface area contributed by atoms with Gasteiger partial charge < -0.3 is 9.47 Å². The number of methoxy groups -OCH3 is 1. The highest BCUT2D eigenvalue weighted by Crippen LogP contribution is 2.28. The zero-order valence-corrected chi connectivity index (χ0v) is 17.2. The maximum atomic E-state index is 12.2. The van der Waals surface area contributed by atoms with Crippen LogP contribution in [0, 0.1) is 10.1 Å². The molecule has 0 fully saturated rings. The highest BCUT2D eigenvalue weighted by atomic mass is 35.5. The summed E-state index contributed by atoms with van der Waals surface area (Å²) < 4.78 is 11.2. The number of hydrogen-bond acceptors (Lipinski definition) is 6. The molecule has 3 rings (SSSR count). The molecule has 0 aromatic heterocycles. The average molecular weight is 440 g/mol. The van der Waals surface area contributed by atoms with E-state index in [1.54, 1.807) is 18.2 Å². The smallest absolute Gasteiger partial charge is 0.288 e. The largest absolute Gasteiger partial charge is 0.493 e. The molecule has 0 aliphatic heterocycles. The van der Waals surface area contributed by atoms with E-state index in [0.29, 0.717) is 23.7 Å². The number of benzene rings is 3. The first-order valence-electron chi connectivity index (χ1n) is 9.10. The van der Waals surface area contributed by atoms with Gasteiger partial charge in [-0.15, -0.1) is 0 Å². The van der Waals surface area contributed by atoms with Crippen LogP contribution in [0.4, 0.5) is 5.69 Å². The minimum Gasteiger partial charge on any atom is -0.493 e. The topological polar surface area (TPSA) is 103 Å². The van der Waals surface area contributed by atoms with Gasteiger partial charge in [0.2, 0.25) is 0 Å². The molecule has 0 heterocycles. The van der Waals surface area contributed by atoms with Crippen LogP contribution in [0.5, 0.6) is 11.5 Å². The third-order valence-electron chi connectivity index (χ3n) is 4.21. The summed E-state index contributed by atoms with van der Waals surface area (Å²) >= 11 is 5.75. The molecule has 0 aliphatic carbocycles. The zero-order valence-electron chi connectivity index (χ0n) is 16.4. The molecular weight excluding hydrogens is 422 g/mol. The van der Waals surface area contributed by atoms with Gasteiger partial charge in [-0.05, 0) is 41.5 Å². The Hall–Kier alpha value is -3.91. The van der Waals surface area contributed by atoms with Crippen LogP contribution < -0.4 is 14.9 Å². The number of ether oxygens (including phenoxy) is 2. The summed E-state index contributed by atoms with van der Waals surface area (Å²) in [6.07, 6.45) is 1.42. The molecule has 158 valence electrons. The number of carbonyl (C=O) groups is 1. The molecule has 31 heavy (non-hydrogen) atoms. The van der Waals surface area contributed by atoms with Crippen LogP contribution in [-0.4, -0.2) is 24.2 Å². The van der Waals surface area contributed by atoms with Crippen molar-refractivity contribution in [2.24, 2.45) is 5.10 Å². The van der Waals surface area contributed by atoms with E-state index in [1.807, 2.05) is 30.3 Å². The molecule has 1 amide bonds. The molecule has 0 atom stereocenters. The number of nitro groups is 1. The summed E-state index contributed by atoms with van der Waals surface area (Å²) in [5.41, 5.74) is 3.72. The highest BCUT2D eigenvalue weighted by molar-refractivity contribution is 6.32. The van der Waals surface area contributed by atoms with Gasteiger partial charge in [-0.1, -0.05) is 41.9 Å². The van der Waals surface area contributed by atoms with Gasteiger partial charge in [0, 0.05) is 11.6 Å². The van der Waals surface area contributed by atoms with Crippen molar-refractivity contribution in [3.05, 3.63) is 98.6 Å². The van der Waals surface area contributed by atoms with Gasteiger partial charge in [0.1, 0.15) is 11.6 Å². The molecule has 9 heteroatoms. The molecule has 3 aromatic carbocycles. The maximum Gasteiger partial charge on any atom is 0.288 e. The Kier molecular flexibility index (Phi) is 7.18. The van der Waals surface area contributed by atoms with Gasteiger partial charge in [-0.25, -0.2) is 5.43 Å². The Morgan fingerprint density at radius 2 is 1.90 bits per heavy atom. The first-order chi connectivity index (χ1) is 15.0. The molecule has 1 N–H and O–H groups in total. The summed E-state index contributed by atoms with van der Waals surface area (Å²) in [7, 11) is 1.53. The van der Waals surface area contributed by atoms with Crippen LogP contribution in [0.3, 0.4) is 0 Å². The second-order valence-corrected chi connectivity index (χ2v) is 6.71. The lowest BCUT2D eigenvalue weighted by Crippen LogP contribution is -2.17. The molecule has 3 aromatic rings. The number of hydrazone groups is 1. The minimum atomic E-state index is -0.657. The fourth-order valence-corrected chi connectivity index (χ4v) is 2.83. The van der Waals surface area contributed by atoms with E-state index >= 15 is 0 Å². The molecular formula is C22H18ClN3O5. The van der Waals surface area contributed by atoms with Crippen molar-refractivity contribution >= 4 is 29.4 Å². The first-order valence-corrected chi connectivity index (χ1v) is 9.48. The second-order valence-electron chi connectivity index (χ2n) is 6.31. The van der Waals surface area contributed by atoms with Crippen molar-refractivity contribution < 1.29 is 19.2 Å². The van der Waals surface area contributed by atoms with Gasteiger partial charge in [-0.2, -0.15) is 5.10 Å². The number of rotatable bonds is 8. The average Bonchev–Trinajstić information content (AvgIpc) is 2.78. The number of nitrogens with zero attached hydrogens (tertiary/aromatic N) is 2. The summed E-state index contributed by atoms with van der Waals surface area (Å²) in [5, 5.41) is 14.8. The summed E-state index contributed by atoms with van der Waals surface area (Å²) in [4.78, 5) is 22.5. The van der Waals surface area contributed by atoms with E-state index < -0.39 is 10.8 Å². The van der Waals surface area contributed by atoms with Gasteiger partial charge in [0.15, 0.2) is 11.5 Å². The van der Waals surface area contributed by atoms with Crippen LogP contribution in [0.25, 0.3) is 0 Å². The number of halogens is 1. The van der Waals surface area contributed by atoms with Crippen molar-refractivity contribution in [3.63, 3.8) is 0 Å². The van der Waals surface area contributed by atoms with Crippen LogP contribution >= 0.6 is 11.6 Å².